The molecule has 4 nitrogen and oxygen atoms in total. The van der Waals surface area contributed by atoms with Crippen molar-refractivity contribution in [2.24, 2.45) is 5.73 Å². The van der Waals surface area contributed by atoms with Gasteiger partial charge in [-0.3, -0.25) is 0 Å². The van der Waals surface area contributed by atoms with Crippen LogP contribution in [0.25, 0.3) is 0 Å². The highest BCUT2D eigenvalue weighted by Gasteiger charge is 2.37. The topological polar surface area (TPSA) is 58.4 Å². The van der Waals surface area contributed by atoms with E-state index in [1.165, 1.54) is 6.42 Å². The third kappa shape index (κ3) is 3.12. The van der Waals surface area contributed by atoms with Crippen molar-refractivity contribution < 1.29 is 4.79 Å². The number of rotatable bonds is 3. The highest BCUT2D eigenvalue weighted by atomic mass is 16.2. The van der Waals surface area contributed by atoms with Crippen LogP contribution < -0.4 is 11.1 Å². The fourth-order valence-electron chi connectivity index (χ4n) is 3.03. The molecule has 0 unspecified atom stereocenters. The zero-order valence-corrected chi connectivity index (χ0v) is 12.5. The Morgan fingerprint density at radius 1 is 1.35 bits per heavy atom. The van der Waals surface area contributed by atoms with Crippen LogP contribution in [0.1, 0.15) is 37.7 Å². The second-order valence-electron chi connectivity index (χ2n) is 5.85. The number of anilines is 1. The fourth-order valence-corrected chi connectivity index (χ4v) is 3.03. The monoisotopic (exact) mass is 275 g/mol. The predicted octanol–water partition coefficient (Wildman–Crippen LogP) is 3.12. The largest absolute Gasteiger partial charge is 0.328 e. The molecule has 0 saturated heterocycles. The maximum absolute atomic E-state index is 12.4. The van der Waals surface area contributed by atoms with Gasteiger partial charge in [-0.15, -0.1) is 0 Å². The summed E-state index contributed by atoms with van der Waals surface area (Å²) in [7, 11) is 1.86. The van der Waals surface area contributed by atoms with E-state index in [-0.39, 0.29) is 11.6 Å². The Morgan fingerprint density at radius 3 is 2.65 bits per heavy atom. The van der Waals surface area contributed by atoms with Crippen LogP contribution in [0.2, 0.25) is 0 Å². The molecule has 0 bridgehead atoms. The number of urea groups is 1. The van der Waals surface area contributed by atoms with Crippen molar-refractivity contribution in [1.29, 1.82) is 0 Å². The highest BCUT2D eigenvalue weighted by Crippen LogP contribution is 2.32. The first-order chi connectivity index (χ1) is 9.57. The summed E-state index contributed by atoms with van der Waals surface area (Å²) < 4.78 is 0. The molecular formula is C16H25N3O. The van der Waals surface area contributed by atoms with Gasteiger partial charge < -0.3 is 16.0 Å². The number of carbonyl (C=O) groups is 1. The van der Waals surface area contributed by atoms with E-state index < -0.39 is 0 Å². The van der Waals surface area contributed by atoms with Crippen molar-refractivity contribution in [3.05, 3.63) is 29.8 Å². The molecule has 2 amide bonds. The molecule has 1 aliphatic carbocycles. The van der Waals surface area contributed by atoms with E-state index in [1.807, 2.05) is 43.1 Å². The van der Waals surface area contributed by atoms with Gasteiger partial charge in [0.15, 0.2) is 0 Å². The second-order valence-corrected chi connectivity index (χ2v) is 5.85. The van der Waals surface area contributed by atoms with Gasteiger partial charge in [-0.25, -0.2) is 4.79 Å². The lowest BCUT2D eigenvalue weighted by molar-refractivity contribution is 0.112. The van der Waals surface area contributed by atoms with Gasteiger partial charge in [0.2, 0.25) is 0 Å². The van der Waals surface area contributed by atoms with E-state index in [0.717, 1.165) is 36.9 Å². The zero-order chi connectivity index (χ0) is 14.6. The first-order valence-electron chi connectivity index (χ1n) is 7.39. The van der Waals surface area contributed by atoms with Gasteiger partial charge in [-0.2, -0.15) is 0 Å². The van der Waals surface area contributed by atoms with Crippen molar-refractivity contribution in [1.82, 2.24) is 4.90 Å². The third-order valence-electron chi connectivity index (χ3n) is 4.45. The molecule has 1 aromatic rings. The summed E-state index contributed by atoms with van der Waals surface area (Å²) in [5, 5.41) is 2.97. The van der Waals surface area contributed by atoms with Crippen molar-refractivity contribution in [2.75, 3.05) is 18.9 Å². The molecule has 1 saturated carbocycles. The van der Waals surface area contributed by atoms with E-state index in [4.69, 9.17) is 5.73 Å². The average Bonchev–Trinajstić information content (AvgIpc) is 2.47. The van der Waals surface area contributed by atoms with E-state index >= 15 is 0 Å². The van der Waals surface area contributed by atoms with E-state index in [9.17, 15) is 4.79 Å². The molecule has 0 aromatic heterocycles. The van der Waals surface area contributed by atoms with Crippen LogP contribution in [-0.2, 0) is 0 Å². The SMILES string of the molecule is Cc1cccc(NC(=O)N(C)C2(CN)CCCCC2)c1. The molecule has 0 heterocycles. The number of hydrogen-bond donors (Lipinski definition) is 2. The lowest BCUT2D eigenvalue weighted by atomic mass is 9.80. The standard InChI is InChI=1S/C16H25N3O/c1-13-7-6-8-14(11-13)18-15(20)19(2)16(12-17)9-4-3-5-10-16/h6-8,11H,3-5,9-10,12,17H2,1-2H3,(H,18,20). The molecule has 3 N–H and O–H groups in total. The van der Waals surface area contributed by atoms with E-state index in [2.05, 4.69) is 5.32 Å². The van der Waals surface area contributed by atoms with Gasteiger partial charge in [-0.05, 0) is 37.5 Å². The number of benzene rings is 1. The van der Waals surface area contributed by atoms with Crippen molar-refractivity contribution in [3.8, 4) is 0 Å². The maximum atomic E-state index is 12.4. The normalized spacial score (nSPS) is 17.6. The molecule has 1 fully saturated rings. The Balaban J connectivity index is 2.07. The highest BCUT2D eigenvalue weighted by molar-refractivity contribution is 5.89. The Bertz CT molecular complexity index is 467. The molecule has 2 rings (SSSR count). The maximum Gasteiger partial charge on any atom is 0.322 e. The molecule has 0 radical (unpaired) electrons. The fraction of sp³-hybridized carbons (Fsp3) is 0.562. The number of likely N-dealkylation sites (N-methyl/N-ethyl adjacent to an activating group) is 1. The number of carbonyl (C=O) groups excluding carboxylic acids is 1. The van der Waals surface area contributed by atoms with E-state index in [1.54, 1.807) is 0 Å². The molecule has 20 heavy (non-hydrogen) atoms. The lowest BCUT2D eigenvalue weighted by Crippen LogP contribution is -2.56. The summed E-state index contributed by atoms with van der Waals surface area (Å²) in [6, 6.07) is 7.78. The predicted molar refractivity (Wildman–Crippen MR) is 82.8 cm³/mol. The number of hydrogen-bond acceptors (Lipinski definition) is 2. The van der Waals surface area contributed by atoms with Gasteiger partial charge >= 0.3 is 6.03 Å². The molecule has 1 aromatic carbocycles. The van der Waals surface area contributed by atoms with Crippen molar-refractivity contribution >= 4 is 11.7 Å². The lowest BCUT2D eigenvalue weighted by Gasteiger charge is -2.43. The molecule has 0 aliphatic heterocycles. The zero-order valence-electron chi connectivity index (χ0n) is 12.5. The van der Waals surface area contributed by atoms with Gasteiger partial charge in [0.05, 0.1) is 5.54 Å². The van der Waals surface area contributed by atoms with Crippen LogP contribution in [0.4, 0.5) is 10.5 Å². The Labute approximate surface area is 121 Å². The van der Waals surface area contributed by atoms with Gasteiger partial charge in [0.25, 0.3) is 0 Å². The smallest absolute Gasteiger partial charge is 0.322 e. The number of aryl methyl sites for hydroxylation is 1. The Morgan fingerprint density at radius 2 is 2.05 bits per heavy atom. The van der Waals surface area contributed by atoms with Crippen LogP contribution in [0.15, 0.2) is 24.3 Å². The van der Waals surface area contributed by atoms with E-state index in [0.29, 0.717) is 6.54 Å². The quantitative estimate of drug-likeness (QED) is 0.890. The summed E-state index contributed by atoms with van der Waals surface area (Å²) in [6.45, 7) is 2.55. The molecular weight excluding hydrogens is 250 g/mol. The van der Waals surface area contributed by atoms with Crippen LogP contribution in [-0.4, -0.2) is 30.1 Å². The Kier molecular flexibility index (Phi) is 4.65. The number of nitrogens with one attached hydrogen (secondary N) is 1. The number of nitrogens with two attached hydrogens (primary N) is 1. The van der Waals surface area contributed by atoms with Gasteiger partial charge in [0.1, 0.15) is 0 Å². The second kappa shape index (κ2) is 6.27. The summed E-state index contributed by atoms with van der Waals surface area (Å²) in [5.41, 5.74) is 7.77. The van der Waals surface area contributed by atoms with Crippen molar-refractivity contribution in [3.63, 3.8) is 0 Å². The minimum absolute atomic E-state index is 0.0667. The molecule has 0 atom stereocenters. The number of nitrogens with zero attached hydrogens (tertiary/aromatic N) is 1. The first kappa shape index (κ1) is 14.9. The molecule has 1 aliphatic rings. The summed E-state index contributed by atoms with van der Waals surface area (Å²) in [4.78, 5) is 14.3. The van der Waals surface area contributed by atoms with Crippen LogP contribution in [0, 0.1) is 6.92 Å². The van der Waals surface area contributed by atoms with Crippen LogP contribution in [0.5, 0.6) is 0 Å². The molecule has 110 valence electrons. The molecule has 4 heteroatoms. The molecule has 0 spiro atoms. The first-order valence-corrected chi connectivity index (χ1v) is 7.39. The number of amides is 2. The van der Waals surface area contributed by atoms with Gasteiger partial charge in [-0.1, -0.05) is 31.4 Å². The summed E-state index contributed by atoms with van der Waals surface area (Å²) >= 11 is 0. The summed E-state index contributed by atoms with van der Waals surface area (Å²) in [6.07, 6.45) is 5.55. The average molecular weight is 275 g/mol. The Hall–Kier alpha value is -1.55. The minimum atomic E-state index is -0.174. The van der Waals surface area contributed by atoms with Gasteiger partial charge in [0, 0.05) is 19.3 Å². The van der Waals surface area contributed by atoms with Crippen molar-refractivity contribution in [2.45, 2.75) is 44.6 Å². The van der Waals surface area contributed by atoms with Crippen LogP contribution >= 0.6 is 0 Å². The summed E-state index contributed by atoms with van der Waals surface area (Å²) in [5.74, 6) is 0. The third-order valence-corrected chi connectivity index (χ3v) is 4.45. The minimum Gasteiger partial charge on any atom is -0.328 e. The van der Waals surface area contributed by atoms with Crippen LogP contribution in [0.3, 0.4) is 0 Å².